The van der Waals surface area contributed by atoms with Gasteiger partial charge in [0.15, 0.2) is 0 Å². The van der Waals surface area contributed by atoms with Crippen molar-refractivity contribution < 1.29 is 9.90 Å². The molecule has 4 heteroatoms. The summed E-state index contributed by atoms with van der Waals surface area (Å²) in [7, 11) is 0. The molecule has 1 aromatic carbocycles. The summed E-state index contributed by atoms with van der Waals surface area (Å²) in [5.74, 6) is 1.65. The van der Waals surface area contributed by atoms with E-state index in [2.05, 4.69) is 11.8 Å². The van der Waals surface area contributed by atoms with E-state index in [1.165, 1.54) is 19.4 Å². The maximum absolute atomic E-state index is 10.8. The van der Waals surface area contributed by atoms with Crippen LogP contribution in [0.15, 0.2) is 30.3 Å². The van der Waals surface area contributed by atoms with E-state index in [1.807, 2.05) is 6.07 Å². The Kier molecular flexibility index (Phi) is 7.25. The highest BCUT2D eigenvalue weighted by Crippen LogP contribution is 2.35. The zero-order valence-electron chi connectivity index (χ0n) is 14.9. The molecule has 1 saturated heterocycles. The first-order chi connectivity index (χ1) is 11.6. The standard InChI is InChI=1S/C14H26N2O.C6H6O/c1-2-7-14(15)11-16(10-12-3-4-12)8-5-13(14)6-9-17;7-6-4-2-1-3-5-6/h9,12-13H,2-8,10-11,15H2,1H3;1-5,7H. The van der Waals surface area contributed by atoms with Gasteiger partial charge in [0, 0.05) is 25.0 Å². The number of likely N-dealkylation sites (tertiary alicyclic amines) is 1. The number of hydrogen-bond donors (Lipinski definition) is 2. The molecule has 24 heavy (non-hydrogen) atoms. The molecular formula is C20H32N2O2. The van der Waals surface area contributed by atoms with Gasteiger partial charge < -0.3 is 20.5 Å². The fourth-order valence-corrected chi connectivity index (χ4v) is 3.72. The summed E-state index contributed by atoms with van der Waals surface area (Å²) in [4.78, 5) is 13.3. The molecule has 0 radical (unpaired) electrons. The maximum atomic E-state index is 10.8. The van der Waals surface area contributed by atoms with Crippen LogP contribution in [0.25, 0.3) is 0 Å². The van der Waals surface area contributed by atoms with Gasteiger partial charge in [0.1, 0.15) is 12.0 Å². The van der Waals surface area contributed by atoms with Crippen LogP contribution in [0, 0.1) is 11.8 Å². The fourth-order valence-electron chi connectivity index (χ4n) is 3.72. The highest BCUT2D eigenvalue weighted by atomic mass is 16.3. The van der Waals surface area contributed by atoms with Crippen molar-refractivity contribution in [1.82, 2.24) is 4.90 Å². The molecule has 1 saturated carbocycles. The van der Waals surface area contributed by atoms with Crippen LogP contribution in [0.3, 0.4) is 0 Å². The Hall–Kier alpha value is -1.39. The second-order valence-electron chi connectivity index (χ2n) is 7.39. The molecule has 0 aromatic heterocycles. The summed E-state index contributed by atoms with van der Waals surface area (Å²) in [5.41, 5.74) is 6.46. The number of nitrogens with zero attached hydrogens (tertiary/aromatic N) is 1. The first kappa shape index (κ1) is 18.9. The fraction of sp³-hybridized carbons (Fsp3) is 0.650. The number of para-hydroxylation sites is 1. The van der Waals surface area contributed by atoms with E-state index in [9.17, 15) is 4.79 Å². The van der Waals surface area contributed by atoms with Gasteiger partial charge in [0.05, 0.1) is 0 Å². The van der Waals surface area contributed by atoms with Crippen molar-refractivity contribution in [3.63, 3.8) is 0 Å². The summed E-state index contributed by atoms with van der Waals surface area (Å²) in [6.07, 6.45) is 7.77. The van der Waals surface area contributed by atoms with Gasteiger partial charge in [-0.2, -0.15) is 0 Å². The van der Waals surface area contributed by atoms with Gasteiger partial charge in [0.2, 0.25) is 0 Å². The highest BCUT2D eigenvalue weighted by Gasteiger charge is 2.40. The summed E-state index contributed by atoms with van der Waals surface area (Å²) in [5, 5.41) is 8.63. The Morgan fingerprint density at radius 1 is 1.29 bits per heavy atom. The average molecular weight is 332 g/mol. The normalized spacial score (nSPS) is 27.2. The lowest BCUT2D eigenvalue weighted by Gasteiger charge is -2.46. The summed E-state index contributed by atoms with van der Waals surface area (Å²) < 4.78 is 0. The average Bonchev–Trinajstić information content (AvgIpc) is 3.36. The van der Waals surface area contributed by atoms with Crippen LogP contribution >= 0.6 is 0 Å². The van der Waals surface area contributed by atoms with Gasteiger partial charge in [-0.05, 0) is 56.2 Å². The Morgan fingerprint density at radius 3 is 2.50 bits per heavy atom. The Labute approximate surface area is 146 Å². The molecule has 0 amide bonds. The van der Waals surface area contributed by atoms with Crippen LogP contribution in [0.5, 0.6) is 5.75 Å². The Balaban J connectivity index is 0.000000249. The predicted molar refractivity (Wildman–Crippen MR) is 97.9 cm³/mol. The molecular weight excluding hydrogens is 300 g/mol. The van der Waals surface area contributed by atoms with Crippen LogP contribution in [-0.4, -0.2) is 41.5 Å². The van der Waals surface area contributed by atoms with Crippen LogP contribution in [-0.2, 0) is 4.79 Å². The maximum Gasteiger partial charge on any atom is 0.120 e. The number of phenols is 1. The first-order valence-corrected chi connectivity index (χ1v) is 9.26. The number of carbonyl (C=O) groups is 1. The minimum absolute atomic E-state index is 0.122. The third-order valence-corrected chi connectivity index (χ3v) is 5.19. The molecule has 2 atom stereocenters. The largest absolute Gasteiger partial charge is 0.508 e. The van der Waals surface area contributed by atoms with Gasteiger partial charge in [-0.25, -0.2) is 0 Å². The zero-order valence-corrected chi connectivity index (χ0v) is 14.9. The second-order valence-corrected chi connectivity index (χ2v) is 7.39. The zero-order chi connectivity index (χ0) is 17.4. The quantitative estimate of drug-likeness (QED) is 0.785. The van der Waals surface area contributed by atoms with Crippen LogP contribution in [0.2, 0.25) is 0 Å². The number of piperidine rings is 1. The SMILES string of the molecule is CCCC1(N)CN(CC2CC2)CCC1CC=O.Oc1ccccc1. The minimum Gasteiger partial charge on any atom is -0.508 e. The molecule has 1 heterocycles. The van der Waals surface area contributed by atoms with E-state index in [4.69, 9.17) is 10.8 Å². The third kappa shape index (κ3) is 5.91. The number of rotatable bonds is 6. The molecule has 2 unspecified atom stereocenters. The lowest BCUT2D eigenvalue weighted by molar-refractivity contribution is -0.109. The van der Waals surface area contributed by atoms with Crippen molar-refractivity contribution in [3.8, 4) is 5.75 Å². The van der Waals surface area contributed by atoms with Crippen molar-refractivity contribution in [1.29, 1.82) is 0 Å². The molecule has 0 bridgehead atoms. The number of aromatic hydroxyl groups is 1. The number of aldehydes is 1. The van der Waals surface area contributed by atoms with Crippen LogP contribution < -0.4 is 5.73 Å². The molecule has 134 valence electrons. The number of phenolic OH excluding ortho intramolecular Hbond substituents is 1. The van der Waals surface area contributed by atoms with Crippen molar-refractivity contribution in [2.45, 2.75) is 51.0 Å². The summed E-state index contributed by atoms with van der Waals surface area (Å²) in [6, 6.07) is 8.71. The number of hydrogen-bond acceptors (Lipinski definition) is 4. The van der Waals surface area contributed by atoms with Gasteiger partial charge in [-0.15, -0.1) is 0 Å². The van der Waals surface area contributed by atoms with Crippen LogP contribution in [0.1, 0.15) is 45.4 Å². The van der Waals surface area contributed by atoms with Gasteiger partial charge in [0.25, 0.3) is 0 Å². The monoisotopic (exact) mass is 332 g/mol. The first-order valence-electron chi connectivity index (χ1n) is 9.26. The van der Waals surface area contributed by atoms with Gasteiger partial charge in [-0.3, -0.25) is 0 Å². The number of nitrogens with two attached hydrogens (primary N) is 1. The highest BCUT2D eigenvalue weighted by molar-refractivity contribution is 5.50. The Morgan fingerprint density at radius 2 is 2.00 bits per heavy atom. The predicted octanol–water partition coefficient (Wildman–Crippen LogP) is 3.20. The number of carbonyl (C=O) groups excluding carboxylic acids is 1. The van der Waals surface area contributed by atoms with E-state index in [-0.39, 0.29) is 5.54 Å². The van der Waals surface area contributed by atoms with Crippen molar-refractivity contribution in [3.05, 3.63) is 30.3 Å². The van der Waals surface area contributed by atoms with Crippen LogP contribution in [0.4, 0.5) is 0 Å². The van der Waals surface area contributed by atoms with Crippen molar-refractivity contribution in [2.75, 3.05) is 19.6 Å². The van der Waals surface area contributed by atoms with Crippen molar-refractivity contribution >= 4 is 6.29 Å². The molecule has 2 aliphatic rings. The molecule has 3 N–H and O–H groups in total. The van der Waals surface area contributed by atoms with E-state index < -0.39 is 0 Å². The molecule has 2 fully saturated rings. The van der Waals surface area contributed by atoms with E-state index in [0.717, 1.165) is 44.6 Å². The molecule has 1 aromatic rings. The third-order valence-electron chi connectivity index (χ3n) is 5.19. The van der Waals surface area contributed by atoms with E-state index in [0.29, 0.717) is 18.1 Å². The molecule has 0 spiro atoms. The lowest BCUT2D eigenvalue weighted by Crippen LogP contribution is -2.60. The molecule has 4 nitrogen and oxygen atoms in total. The van der Waals surface area contributed by atoms with E-state index in [1.54, 1.807) is 24.3 Å². The molecule has 1 aliphatic carbocycles. The molecule has 3 rings (SSSR count). The topological polar surface area (TPSA) is 66.6 Å². The lowest BCUT2D eigenvalue weighted by atomic mass is 9.74. The second kappa shape index (κ2) is 9.19. The van der Waals surface area contributed by atoms with Gasteiger partial charge >= 0.3 is 0 Å². The Bertz CT molecular complexity index is 490. The summed E-state index contributed by atoms with van der Waals surface area (Å²) in [6.45, 7) is 5.55. The van der Waals surface area contributed by atoms with E-state index >= 15 is 0 Å². The van der Waals surface area contributed by atoms with Gasteiger partial charge in [-0.1, -0.05) is 31.5 Å². The van der Waals surface area contributed by atoms with Crippen molar-refractivity contribution in [2.24, 2.45) is 17.6 Å². The number of benzene rings is 1. The summed E-state index contributed by atoms with van der Waals surface area (Å²) >= 11 is 0. The molecule has 1 aliphatic heterocycles. The smallest absolute Gasteiger partial charge is 0.120 e. The minimum atomic E-state index is -0.122.